The van der Waals surface area contributed by atoms with Gasteiger partial charge in [0.05, 0.1) is 16.9 Å². The van der Waals surface area contributed by atoms with Crippen LogP contribution in [0.25, 0.3) is 0 Å². The molecule has 3 rings (SSSR count). The topological polar surface area (TPSA) is 52.6 Å². The van der Waals surface area contributed by atoms with Crippen molar-refractivity contribution in [3.63, 3.8) is 0 Å². The molecule has 0 aromatic heterocycles. The first-order chi connectivity index (χ1) is 13.5. The number of hydrogen-bond donors (Lipinski definition) is 2. The predicted molar refractivity (Wildman–Crippen MR) is 114 cm³/mol. The smallest absolute Gasteiger partial charge is 0.226 e. The first-order valence-electron chi connectivity index (χ1n) is 11.0. The van der Waals surface area contributed by atoms with E-state index in [0.29, 0.717) is 25.3 Å². The average molecular weight is 407 g/mol. The molecule has 4 nitrogen and oxygen atoms in total. The van der Waals surface area contributed by atoms with Crippen LogP contribution in [0.3, 0.4) is 0 Å². The van der Waals surface area contributed by atoms with Crippen molar-refractivity contribution in [2.75, 3.05) is 19.6 Å². The molecule has 1 heterocycles. The molecule has 2 N–H and O–H groups in total. The Morgan fingerprint density at radius 1 is 1.21 bits per heavy atom. The van der Waals surface area contributed by atoms with Crippen LogP contribution < -0.4 is 5.32 Å². The Hall–Kier alpha value is -1.10. The van der Waals surface area contributed by atoms with Gasteiger partial charge in [-0.1, -0.05) is 56.5 Å². The predicted octanol–water partition coefficient (Wildman–Crippen LogP) is 4.27. The molecular weight excluding hydrogens is 372 g/mol. The van der Waals surface area contributed by atoms with Crippen LogP contribution in [0.15, 0.2) is 30.3 Å². The van der Waals surface area contributed by atoms with Crippen molar-refractivity contribution in [3.05, 3.63) is 35.9 Å². The summed E-state index contributed by atoms with van der Waals surface area (Å²) in [4.78, 5) is 15.2. The summed E-state index contributed by atoms with van der Waals surface area (Å²) in [5, 5.41) is 14.5. The zero-order valence-corrected chi connectivity index (χ0v) is 17.8. The van der Waals surface area contributed by atoms with Gasteiger partial charge in [-0.3, -0.25) is 4.79 Å². The van der Waals surface area contributed by atoms with Gasteiger partial charge in [-0.2, -0.15) is 0 Å². The van der Waals surface area contributed by atoms with Gasteiger partial charge in [0.15, 0.2) is 0 Å². The highest BCUT2D eigenvalue weighted by molar-refractivity contribution is 6.21. The average Bonchev–Trinajstić information content (AvgIpc) is 2.71. The van der Waals surface area contributed by atoms with E-state index in [1.54, 1.807) is 0 Å². The number of halogens is 1. The zero-order valence-electron chi connectivity index (χ0n) is 17.1. The molecule has 2 aliphatic rings. The molecule has 1 aromatic rings. The third kappa shape index (κ3) is 5.49. The molecule has 0 spiro atoms. The largest absolute Gasteiger partial charge is 0.389 e. The minimum atomic E-state index is -0.904. The zero-order chi connectivity index (χ0) is 20.0. The van der Waals surface area contributed by atoms with Crippen LogP contribution in [0.2, 0.25) is 0 Å². The number of alkyl halides is 1. The van der Waals surface area contributed by atoms with Crippen molar-refractivity contribution in [2.24, 2.45) is 5.92 Å². The number of hydrogen-bond acceptors (Lipinski definition) is 3. The second-order valence-corrected chi connectivity index (χ2v) is 9.11. The fourth-order valence-corrected chi connectivity index (χ4v) is 5.16. The fourth-order valence-electron chi connectivity index (χ4n) is 4.82. The Balaban J connectivity index is 1.52. The van der Waals surface area contributed by atoms with E-state index < -0.39 is 5.60 Å². The maximum atomic E-state index is 12.9. The molecule has 156 valence electrons. The Kier molecular flexibility index (Phi) is 7.78. The van der Waals surface area contributed by atoms with Gasteiger partial charge in [-0.05, 0) is 37.7 Å². The highest BCUT2D eigenvalue weighted by Crippen LogP contribution is 2.34. The lowest BCUT2D eigenvalue weighted by Crippen LogP contribution is -2.54. The van der Waals surface area contributed by atoms with Crippen LogP contribution in [0.1, 0.15) is 69.2 Å². The third-order valence-electron chi connectivity index (χ3n) is 6.63. The Morgan fingerprint density at radius 2 is 1.86 bits per heavy atom. The molecule has 0 bridgehead atoms. The van der Waals surface area contributed by atoms with Crippen molar-refractivity contribution in [2.45, 2.75) is 75.3 Å². The monoisotopic (exact) mass is 406 g/mol. The number of rotatable bonds is 7. The van der Waals surface area contributed by atoms with Gasteiger partial charge in [-0.25, -0.2) is 0 Å². The van der Waals surface area contributed by atoms with E-state index in [2.05, 4.69) is 22.3 Å². The lowest BCUT2D eigenvalue weighted by molar-refractivity contribution is -0.140. The molecule has 1 aliphatic carbocycles. The minimum Gasteiger partial charge on any atom is -0.389 e. The van der Waals surface area contributed by atoms with Crippen molar-refractivity contribution in [1.29, 1.82) is 0 Å². The second kappa shape index (κ2) is 10.1. The quantitative estimate of drug-likeness (QED) is 0.665. The number of carbonyl (C=O) groups is 1. The molecule has 5 heteroatoms. The maximum absolute atomic E-state index is 12.9. The van der Waals surface area contributed by atoms with Crippen molar-refractivity contribution >= 4 is 17.5 Å². The summed E-state index contributed by atoms with van der Waals surface area (Å²) in [5.41, 5.74) is 0.224. The normalized spacial score (nSPS) is 23.1. The first-order valence-corrected chi connectivity index (χ1v) is 11.4. The van der Waals surface area contributed by atoms with Gasteiger partial charge in [-0.15, -0.1) is 11.6 Å². The van der Waals surface area contributed by atoms with Crippen molar-refractivity contribution in [3.8, 4) is 0 Å². The molecule has 1 saturated heterocycles. The van der Waals surface area contributed by atoms with Crippen LogP contribution in [0.4, 0.5) is 0 Å². The van der Waals surface area contributed by atoms with Crippen LogP contribution in [-0.4, -0.2) is 47.2 Å². The van der Waals surface area contributed by atoms with Gasteiger partial charge >= 0.3 is 0 Å². The summed E-state index contributed by atoms with van der Waals surface area (Å²) in [6.45, 7) is 4.34. The number of carbonyl (C=O) groups excluding carboxylic acids is 1. The van der Waals surface area contributed by atoms with Crippen molar-refractivity contribution in [1.82, 2.24) is 10.2 Å². The van der Waals surface area contributed by atoms with Gasteiger partial charge in [0, 0.05) is 25.7 Å². The molecule has 1 aromatic carbocycles. The Morgan fingerprint density at radius 3 is 2.46 bits per heavy atom. The van der Waals surface area contributed by atoms with E-state index in [0.717, 1.165) is 38.0 Å². The number of aliphatic hydroxyl groups is 1. The van der Waals surface area contributed by atoms with Crippen LogP contribution in [0, 0.1) is 5.92 Å². The van der Waals surface area contributed by atoms with Crippen LogP contribution in [-0.2, 0) is 4.79 Å². The summed E-state index contributed by atoms with van der Waals surface area (Å²) in [5.74, 6) is -0.276. The number of benzene rings is 1. The van der Waals surface area contributed by atoms with Crippen LogP contribution in [0.5, 0.6) is 0 Å². The Bertz CT molecular complexity index is 610. The van der Waals surface area contributed by atoms with Gasteiger partial charge < -0.3 is 15.3 Å². The van der Waals surface area contributed by atoms with Crippen LogP contribution >= 0.6 is 11.6 Å². The van der Waals surface area contributed by atoms with Gasteiger partial charge in [0.1, 0.15) is 0 Å². The minimum absolute atomic E-state index is 0.0462. The lowest BCUT2D eigenvalue weighted by atomic mass is 9.77. The third-order valence-corrected chi connectivity index (χ3v) is 7.02. The number of likely N-dealkylation sites (tertiary alicyclic amines) is 1. The molecule has 0 radical (unpaired) electrons. The van der Waals surface area contributed by atoms with E-state index >= 15 is 0 Å². The summed E-state index contributed by atoms with van der Waals surface area (Å²) >= 11 is 6.59. The number of amides is 1. The maximum Gasteiger partial charge on any atom is 0.226 e. The molecule has 2 fully saturated rings. The van der Waals surface area contributed by atoms with Gasteiger partial charge in [0.2, 0.25) is 5.91 Å². The van der Waals surface area contributed by atoms with E-state index in [1.165, 1.54) is 19.3 Å². The lowest BCUT2D eigenvalue weighted by Gasteiger charge is -2.43. The second-order valence-electron chi connectivity index (χ2n) is 8.59. The molecule has 1 saturated carbocycles. The van der Waals surface area contributed by atoms with E-state index in [4.69, 9.17) is 11.6 Å². The summed E-state index contributed by atoms with van der Waals surface area (Å²) in [6, 6.07) is 10.4. The van der Waals surface area contributed by atoms with E-state index in [-0.39, 0.29) is 17.2 Å². The molecule has 2 unspecified atom stereocenters. The SMILES string of the molecule is CCC(C(=O)NC1CCCCC1)C1(O)CCN(CC(Cl)c2ccccc2)CC1. The van der Waals surface area contributed by atoms with Gasteiger partial charge in [0.25, 0.3) is 0 Å². The molecule has 2 atom stereocenters. The standard InChI is InChI=1S/C23H35ClN2O2/c1-2-20(22(27)25-19-11-7-4-8-12-19)23(28)13-15-26(16-14-23)17-21(24)18-9-5-3-6-10-18/h3,5-6,9-10,19-21,28H,2,4,7-8,11-17H2,1H3,(H,25,27). The summed E-state index contributed by atoms with van der Waals surface area (Å²) in [6.07, 6.45) is 7.75. The molecule has 1 amide bonds. The van der Waals surface area contributed by atoms with E-state index in [9.17, 15) is 9.90 Å². The highest BCUT2D eigenvalue weighted by Gasteiger charge is 2.43. The first kappa shape index (κ1) is 21.6. The molecule has 28 heavy (non-hydrogen) atoms. The fraction of sp³-hybridized carbons (Fsp3) is 0.696. The number of nitrogens with one attached hydrogen (secondary N) is 1. The summed E-state index contributed by atoms with van der Waals surface area (Å²) in [7, 11) is 0. The van der Waals surface area contributed by atoms with Crippen molar-refractivity contribution < 1.29 is 9.90 Å². The Labute approximate surface area is 174 Å². The number of piperidine rings is 1. The number of nitrogens with zero attached hydrogens (tertiary/aromatic N) is 1. The van der Waals surface area contributed by atoms with E-state index in [1.807, 2.05) is 25.1 Å². The molecule has 1 aliphatic heterocycles. The molecular formula is C23H35ClN2O2. The highest BCUT2D eigenvalue weighted by atomic mass is 35.5. The summed E-state index contributed by atoms with van der Waals surface area (Å²) < 4.78 is 0.